The first kappa shape index (κ1) is 9.79. The molecule has 0 aromatic heterocycles. The SMILES string of the molecule is C/C=C\C(=C/C)Cc1ccccc1. The molecule has 0 aliphatic carbocycles. The molecule has 0 spiro atoms. The molecule has 13 heavy (non-hydrogen) atoms. The van der Waals surface area contributed by atoms with E-state index in [1.807, 2.05) is 0 Å². The Hall–Kier alpha value is -1.30. The van der Waals surface area contributed by atoms with Gasteiger partial charge >= 0.3 is 0 Å². The third kappa shape index (κ3) is 3.29. The molecule has 0 fully saturated rings. The zero-order valence-electron chi connectivity index (χ0n) is 8.33. The Kier molecular flexibility index (Phi) is 4.04. The van der Waals surface area contributed by atoms with E-state index >= 15 is 0 Å². The van der Waals surface area contributed by atoms with Crippen molar-refractivity contribution in [3.63, 3.8) is 0 Å². The quantitative estimate of drug-likeness (QED) is 0.609. The van der Waals surface area contributed by atoms with Crippen molar-refractivity contribution in [2.45, 2.75) is 20.3 Å². The van der Waals surface area contributed by atoms with Crippen LogP contribution in [0.1, 0.15) is 19.4 Å². The standard InChI is InChI=1S/C13H16/c1-3-8-12(4-2)11-13-9-6-5-7-10-13/h3-10H,11H2,1-2H3/b8-3-,12-4+. The number of hydrogen-bond donors (Lipinski definition) is 0. The second kappa shape index (κ2) is 5.36. The highest BCUT2D eigenvalue weighted by atomic mass is 14.0. The molecule has 1 aromatic carbocycles. The van der Waals surface area contributed by atoms with Crippen LogP contribution in [0.2, 0.25) is 0 Å². The van der Waals surface area contributed by atoms with Crippen LogP contribution in [0.25, 0.3) is 0 Å². The van der Waals surface area contributed by atoms with Crippen molar-refractivity contribution in [1.82, 2.24) is 0 Å². The Morgan fingerprint density at radius 3 is 2.38 bits per heavy atom. The van der Waals surface area contributed by atoms with E-state index in [1.54, 1.807) is 0 Å². The molecule has 0 heteroatoms. The molecule has 0 saturated heterocycles. The van der Waals surface area contributed by atoms with Gasteiger partial charge in [-0.2, -0.15) is 0 Å². The van der Waals surface area contributed by atoms with Crippen LogP contribution >= 0.6 is 0 Å². The molecule has 0 N–H and O–H groups in total. The first-order valence-corrected chi connectivity index (χ1v) is 4.68. The van der Waals surface area contributed by atoms with Gasteiger partial charge in [0.2, 0.25) is 0 Å². The molecule has 0 radical (unpaired) electrons. The van der Waals surface area contributed by atoms with Crippen LogP contribution < -0.4 is 0 Å². The van der Waals surface area contributed by atoms with Crippen molar-refractivity contribution in [3.8, 4) is 0 Å². The third-order valence-electron chi connectivity index (χ3n) is 2.00. The fraction of sp³-hybridized carbons (Fsp3) is 0.231. The van der Waals surface area contributed by atoms with Crippen LogP contribution in [0.15, 0.2) is 54.1 Å². The molecular formula is C13H16. The summed E-state index contributed by atoms with van der Waals surface area (Å²) in [5.74, 6) is 0. The second-order valence-electron chi connectivity index (χ2n) is 3.03. The summed E-state index contributed by atoms with van der Waals surface area (Å²) < 4.78 is 0. The highest BCUT2D eigenvalue weighted by Crippen LogP contribution is 2.08. The lowest BCUT2D eigenvalue weighted by atomic mass is 10.0. The minimum atomic E-state index is 1.03. The molecular weight excluding hydrogens is 156 g/mol. The summed E-state index contributed by atoms with van der Waals surface area (Å²) in [6, 6.07) is 10.5. The Morgan fingerprint density at radius 2 is 1.85 bits per heavy atom. The first-order valence-electron chi connectivity index (χ1n) is 4.68. The summed E-state index contributed by atoms with van der Waals surface area (Å²) in [6.45, 7) is 4.13. The van der Waals surface area contributed by atoms with Crippen molar-refractivity contribution in [1.29, 1.82) is 0 Å². The maximum atomic E-state index is 2.16. The van der Waals surface area contributed by atoms with Crippen molar-refractivity contribution in [2.24, 2.45) is 0 Å². The molecule has 0 atom stereocenters. The number of rotatable bonds is 3. The second-order valence-corrected chi connectivity index (χ2v) is 3.03. The first-order chi connectivity index (χ1) is 6.36. The van der Waals surface area contributed by atoms with Crippen molar-refractivity contribution >= 4 is 0 Å². The zero-order valence-corrected chi connectivity index (χ0v) is 8.33. The maximum Gasteiger partial charge on any atom is -0.00292 e. The minimum absolute atomic E-state index is 1.03. The molecule has 0 aliphatic rings. The summed E-state index contributed by atoms with van der Waals surface area (Å²) in [4.78, 5) is 0. The van der Waals surface area contributed by atoms with Crippen LogP contribution in [-0.4, -0.2) is 0 Å². The predicted octanol–water partition coefficient (Wildman–Crippen LogP) is 3.75. The normalized spacial score (nSPS) is 12.3. The van der Waals surface area contributed by atoms with E-state index in [4.69, 9.17) is 0 Å². The van der Waals surface area contributed by atoms with Crippen LogP contribution in [0.3, 0.4) is 0 Å². The minimum Gasteiger partial charge on any atom is -0.0874 e. The fourth-order valence-electron chi connectivity index (χ4n) is 1.30. The van der Waals surface area contributed by atoms with E-state index in [9.17, 15) is 0 Å². The van der Waals surface area contributed by atoms with E-state index in [0.29, 0.717) is 0 Å². The largest absolute Gasteiger partial charge is 0.0874 e. The molecule has 0 amide bonds. The average molecular weight is 172 g/mol. The van der Waals surface area contributed by atoms with E-state index in [1.165, 1.54) is 11.1 Å². The fourth-order valence-corrected chi connectivity index (χ4v) is 1.30. The lowest BCUT2D eigenvalue weighted by Gasteiger charge is -2.01. The molecule has 1 aromatic rings. The monoisotopic (exact) mass is 172 g/mol. The lowest BCUT2D eigenvalue weighted by Crippen LogP contribution is -1.86. The average Bonchev–Trinajstić information content (AvgIpc) is 2.19. The summed E-state index contributed by atoms with van der Waals surface area (Å²) in [7, 11) is 0. The highest BCUT2D eigenvalue weighted by Gasteiger charge is 1.93. The highest BCUT2D eigenvalue weighted by molar-refractivity contribution is 5.27. The van der Waals surface area contributed by atoms with Gasteiger partial charge in [-0.25, -0.2) is 0 Å². The van der Waals surface area contributed by atoms with Crippen LogP contribution in [0.5, 0.6) is 0 Å². The molecule has 0 unspecified atom stereocenters. The van der Waals surface area contributed by atoms with Gasteiger partial charge in [0, 0.05) is 0 Å². The number of benzene rings is 1. The van der Waals surface area contributed by atoms with E-state index in [-0.39, 0.29) is 0 Å². The zero-order chi connectivity index (χ0) is 9.52. The Morgan fingerprint density at radius 1 is 1.15 bits per heavy atom. The molecule has 68 valence electrons. The molecule has 1 rings (SSSR count). The van der Waals surface area contributed by atoms with Gasteiger partial charge in [-0.3, -0.25) is 0 Å². The van der Waals surface area contributed by atoms with E-state index < -0.39 is 0 Å². The van der Waals surface area contributed by atoms with Gasteiger partial charge in [-0.05, 0) is 31.4 Å². The van der Waals surface area contributed by atoms with Gasteiger partial charge in [0.1, 0.15) is 0 Å². The van der Waals surface area contributed by atoms with Crippen molar-refractivity contribution in [3.05, 3.63) is 59.7 Å². The molecule has 0 nitrogen and oxygen atoms in total. The van der Waals surface area contributed by atoms with Crippen LogP contribution in [0.4, 0.5) is 0 Å². The van der Waals surface area contributed by atoms with Crippen LogP contribution in [-0.2, 0) is 6.42 Å². The molecule has 0 saturated carbocycles. The predicted molar refractivity (Wildman–Crippen MR) is 58.7 cm³/mol. The summed E-state index contributed by atoms with van der Waals surface area (Å²) in [6.07, 6.45) is 7.43. The van der Waals surface area contributed by atoms with Crippen LogP contribution in [0, 0.1) is 0 Å². The third-order valence-corrected chi connectivity index (χ3v) is 2.00. The molecule has 0 bridgehead atoms. The molecule has 0 heterocycles. The maximum absolute atomic E-state index is 2.16. The Balaban J connectivity index is 2.68. The Labute approximate surface area is 80.6 Å². The van der Waals surface area contributed by atoms with E-state index in [0.717, 1.165) is 6.42 Å². The number of allylic oxidation sites excluding steroid dienone is 4. The molecule has 0 aliphatic heterocycles. The van der Waals surface area contributed by atoms with E-state index in [2.05, 4.69) is 62.4 Å². The Bertz CT molecular complexity index is 291. The van der Waals surface area contributed by atoms with Gasteiger partial charge in [-0.15, -0.1) is 0 Å². The number of hydrogen-bond acceptors (Lipinski definition) is 0. The van der Waals surface area contributed by atoms with Gasteiger partial charge in [-0.1, -0.05) is 48.6 Å². The van der Waals surface area contributed by atoms with Gasteiger partial charge in [0.25, 0.3) is 0 Å². The van der Waals surface area contributed by atoms with Gasteiger partial charge in [0.15, 0.2) is 0 Å². The lowest BCUT2D eigenvalue weighted by molar-refractivity contribution is 1.19. The summed E-state index contributed by atoms with van der Waals surface area (Å²) >= 11 is 0. The van der Waals surface area contributed by atoms with Gasteiger partial charge in [0.05, 0.1) is 0 Å². The van der Waals surface area contributed by atoms with Crippen molar-refractivity contribution in [2.75, 3.05) is 0 Å². The smallest absolute Gasteiger partial charge is 0.00292 e. The van der Waals surface area contributed by atoms with Crippen molar-refractivity contribution < 1.29 is 0 Å². The summed E-state index contributed by atoms with van der Waals surface area (Å²) in [5, 5.41) is 0. The topological polar surface area (TPSA) is 0 Å². The van der Waals surface area contributed by atoms with Gasteiger partial charge < -0.3 is 0 Å². The summed E-state index contributed by atoms with van der Waals surface area (Å²) in [5.41, 5.74) is 2.74.